The van der Waals surface area contributed by atoms with Gasteiger partial charge in [-0.3, -0.25) is 19.3 Å². The van der Waals surface area contributed by atoms with E-state index in [1.165, 1.54) is 0 Å². The first-order valence-corrected chi connectivity index (χ1v) is 8.58. The van der Waals surface area contributed by atoms with Crippen molar-refractivity contribution in [1.29, 1.82) is 0 Å². The van der Waals surface area contributed by atoms with Gasteiger partial charge in [-0.2, -0.15) is 0 Å². The zero-order valence-electron chi connectivity index (χ0n) is 12.3. The van der Waals surface area contributed by atoms with Gasteiger partial charge >= 0.3 is 0 Å². The van der Waals surface area contributed by atoms with E-state index in [1.54, 1.807) is 42.6 Å². The second-order valence-corrected chi connectivity index (χ2v) is 6.77. The fraction of sp³-hybridized carbons (Fsp3) is 0.0625. The molecule has 2 N–H and O–H groups in total. The summed E-state index contributed by atoms with van der Waals surface area (Å²) < 4.78 is 0.721. The Kier molecular flexibility index (Phi) is 4.86. The minimum absolute atomic E-state index is 0.288. The number of H-pyrrole nitrogens is 1. The van der Waals surface area contributed by atoms with Crippen LogP contribution in [0.25, 0.3) is 6.08 Å². The van der Waals surface area contributed by atoms with Gasteiger partial charge < -0.3 is 10.3 Å². The molecule has 1 aromatic heterocycles. The predicted molar refractivity (Wildman–Crippen MR) is 96.2 cm³/mol. The molecule has 122 valence electrons. The maximum atomic E-state index is 12.3. The lowest BCUT2D eigenvalue weighted by atomic mass is 10.3. The summed E-state index contributed by atoms with van der Waals surface area (Å²) in [7, 11) is 0. The average Bonchev–Trinajstić information content (AvgIpc) is 3.14. The lowest BCUT2D eigenvalue weighted by Gasteiger charge is -2.13. The summed E-state index contributed by atoms with van der Waals surface area (Å²) in [5.74, 6) is -0.910. The molecule has 1 aliphatic rings. The third-order valence-electron chi connectivity index (χ3n) is 3.23. The lowest BCUT2D eigenvalue weighted by Crippen LogP contribution is -2.36. The van der Waals surface area contributed by atoms with Crippen LogP contribution in [0.1, 0.15) is 5.69 Å². The molecule has 0 radical (unpaired) electrons. The zero-order chi connectivity index (χ0) is 17.1. The highest BCUT2D eigenvalue weighted by Crippen LogP contribution is 2.32. The second kappa shape index (κ2) is 7.06. The van der Waals surface area contributed by atoms with Crippen molar-refractivity contribution in [3.63, 3.8) is 0 Å². The van der Waals surface area contributed by atoms with Crippen molar-refractivity contribution in [3.8, 4) is 0 Å². The third-order valence-corrected chi connectivity index (χ3v) is 4.83. The van der Waals surface area contributed by atoms with E-state index in [0.717, 1.165) is 26.8 Å². The Morgan fingerprint density at radius 1 is 1.25 bits per heavy atom. The Morgan fingerprint density at radius 3 is 2.75 bits per heavy atom. The van der Waals surface area contributed by atoms with E-state index in [9.17, 15) is 14.4 Å². The monoisotopic (exact) mass is 405 g/mol. The maximum absolute atomic E-state index is 12.3. The molecule has 3 rings (SSSR count). The number of para-hydroxylation sites is 1. The number of nitrogens with zero attached hydrogens (tertiary/aromatic N) is 1. The van der Waals surface area contributed by atoms with Gasteiger partial charge in [0.15, 0.2) is 0 Å². The summed E-state index contributed by atoms with van der Waals surface area (Å²) >= 11 is 4.15. The summed E-state index contributed by atoms with van der Waals surface area (Å²) in [6, 6.07) is 10.7. The summed E-state index contributed by atoms with van der Waals surface area (Å²) in [4.78, 5) is 40.6. The molecule has 24 heavy (non-hydrogen) atoms. The summed E-state index contributed by atoms with van der Waals surface area (Å²) in [5.41, 5.74) is 1.30. The molecule has 0 spiro atoms. The van der Waals surface area contributed by atoms with Gasteiger partial charge in [-0.15, -0.1) is 0 Å². The number of benzene rings is 1. The highest BCUT2D eigenvalue weighted by molar-refractivity contribution is 9.10. The number of amides is 3. The topological polar surface area (TPSA) is 82.3 Å². The Labute approximate surface area is 150 Å². The molecule has 1 fully saturated rings. The smallest absolute Gasteiger partial charge is 0.294 e. The molecule has 1 aliphatic heterocycles. The van der Waals surface area contributed by atoms with Gasteiger partial charge in [0.2, 0.25) is 5.91 Å². The minimum Gasteiger partial charge on any atom is -0.362 e. The van der Waals surface area contributed by atoms with Crippen molar-refractivity contribution in [2.75, 3.05) is 11.9 Å². The van der Waals surface area contributed by atoms with Gasteiger partial charge in [-0.05, 0) is 58.0 Å². The SMILES string of the molecule is O=C(CN1C(=O)S/C(=C/c2ccc[nH]2)C1=O)Nc1ccccc1Br. The highest BCUT2D eigenvalue weighted by Gasteiger charge is 2.36. The molecule has 1 aromatic carbocycles. The van der Waals surface area contributed by atoms with E-state index in [0.29, 0.717) is 5.69 Å². The summed E-state index contributed by atoms with van der Waals surface area (Å²) in [6.07, 6.45) is 3.32. The molecule has 0 bridgehead atoms. The Balaban J connectivity index is 1.69. The van der Waals surface area contributed by atoms with E-state index < -0.39 is 17.1 Å². The number of hydrogen-bond acceptors (Lipinski definition) is 4. The van der Waals surface area contributed by atoms with Crippen LogP contribution in [-0.2, 0) is 9.59 Å². The Hall–Kier alpha value is -2.32. The molecule has 0 saturated carbocycles. The quantitative estimate of drug-likeness (QED) is 0.763. The van der Waals surface area contributed by atoms with Crippen LogP contribution in [0.4, 0.5) is 10.5 Å². The van der Waals surface area contributed by atoms with Crippen LogP contribution in [0.3, 0.4) is 0 Å². The molecule has 8 heteroatoms. The van der Waals surface area contributed by atoms with Crippen LogP contribution in [0.5, 0.6) is 0 Å². The maximum Gasteiger partial charge on any atom is 0.294 e. The highest BCUT2D eigenvalue weighted by atomic mass is 79.9. The zero-order valence-corrected chi connectivity index (χ0v) is 14.7. The fourth-order valence-electron chi connectivity index (χ4n) is 2.11. The number of hydrogen-bond donors (Lipinski definition) is 2. The molecular formula is C16H12BrN3O3S. The van der Waals surface area contributed by atoms with E-state index in [2.05, 4.69) is 26.2 Å². The summed E-state index contributed by atoms with van der Waals surface area (Å²) in [6.45, 7) is -0.325. The van der Waals surface area contributed by atoms with Crippen molar-refractivity contribution in [2.24, 2.45) is 0 Å². The Morgan fingerprint density at radius 2 is 2.04 bits per heavy atom. The van der Waals surface area contributed by atoms with Gasteiger partial charge in [0.1, 0.15) is 6.54 Å². The largest absolute Gasteiger partial charge is 0.362 e. The van der Waals surface area contributed by atoms with Crippen LogP contribution in [0, 0.1) is 0 Å². The molecule has 1 saturated heterocycles. The first kappa shape index (κ1) is 16.5. The van der Waals surface area contributed by atoms with Crippen LogP contribution >= 0.6 is 27.7 Å². The number of rotatable bonds is 4. The molecule has 0 atom stereocenters. The van der Waals surface area contributed by atoms with Gasteiger partial charge in [-0.25, -0.2) is 0 Å². The molecule has 6 nitrogen and oxygen atoms in total. The van der Waals surface area contributed by atoms with Gasteiger partial charge in [-0.1, -0.05) is 12.1 Å². The van der Waals surface area contributed by atoms with Crippen molar-refractivity contribution in [1.82, 2.24) is 9.88 Å². The number of aromatic nitrogens is 1. The van der Waals surface area contributed by atoms with E-state index in [-0.39, 0.29) is 11.4 Å². The second-order valence-electron chi connectivity index (χ2n) is 4.92. The predicted octanol–water partition coefficient (Wildman–Crippen LogP) is 3.45. The first-order chi connectivity index (χ1) is 11.5. The number of halogens is 1. The van der Waals surface area contributed by atoms with E-state index in [4.69, 9.17) is 0 Å². The standard InChI is InChI=1S/C16H12BrN3O3S/c17-11-5-1-2-6-12(11)19-14(21)9-20-15(22)13(24-16(20)23)8-10-4-3-7-18-10/h1-8,18H,9H2,(H,19,21)/b13-8+. The number of nitrogens with one attached hydrogen (secondary N) is 2. The van der Waals surface area contributed by atoms with Crippen molar-refractivity contribution in [2.45, 2.75) is 0 Å². The molecule has 0 unspecified atom stereocenters. The molecule has 0 aliphatic carbocycles. The molecule has 2 aromatic rings. The molecular weight excluding hydrogens is 394 g/mol. The van der Waals surface area contributed by atoms with Crippen LogP contribution in [0.15, 0.2) is 52.0 Å². The van der Waals surface area contributed by atoms with Crippen molar-refractivity contribution < 1.29 is 14.4 Å². The number of carbonyl (C=O) groups excluding carboxylic acids is 3. The third kappa shape index (κ3) is 3.60. The van der Waals surface area contributed by atoms with Gasteiger partial charge in [0.05, 0.1) is 10.6 Å². The molecule has 2 heterocycles. The van der Waals surface area contributed by atoms with E-state index >= 15 is 0 Å². The summed E-state index contributed by atoms with van der Waals surface area (Å²) in [5, 5.41) is 2.21. The van der Waals surface area contributed by atoms with Gasteiger partial charge in [0, 0.05) is 16.4 Å². The van der Waals surface area contributed by atoms with Crippen LogP contribution in [0.2, 0.25) is 0 Å². The van der Waals surface area contributed by atoms with Gasteiger partial charge in [0.25, 0.3) is 11.1 Å². The first-order valence-electron chi connectivity index (χ1n) is 6.98. The normalized spacial score (nSPS) is 16.0. The van der Waals surface area contributed by atoms with Crippen LogP contribution in [-0.4, -0.2) is 33.5 Å². The van der Waals surface area contributed by atoms with E-state index in [1.807, 2.05) is 6.07 Å². The average molecular weight is 406 g/mol. The lowest BCUT2D eigenvalue weighted by molar-refractivity contribution is -0.127. The number of aromatic amines is 1. The van der Waals surface area contributed by atoms with Crippen LogP contribution < -0.4 is 5.32 Å². The fourth-order valence-corrected chi connectivity index (χ4v) is 3.32. The number of imide groups is 1. The Bertz CT molecular complexity index is 833. The number of carbonyl (C=O) groups is 3. The number of thioether (sulfide) groups is 1. The number of anilines is 1. The molecule has 3 amide bonds. The minimum atomic E-state index is -0.470. The van der Waals surface area contributed by atoms with Crippen molar-refractivity contribution >= 4 is 56.5 Å². The van der Waals surface area contributed by atoms with Crippen molar-refractivity contribution in [3.05, 3.63) is 57.7 Å².